The molecule has 5 heteroatoms. The van der Waals surface area contributed by atoms with Crippen LogP contribution in [-0.4, -0.2) is 12.3 Å². The van der Waals surface area contributed by atoms with E-state index >= 15 is 0 Å². The topological polar surface area (TPSA) is 79.5 Å². The molecule has 2 aromatic carbocycles. The van der Waals surface area contributed by atoms with Gasteiger partial charge in [0.15, 0.2) is 0 Å². The minimum Gasteiger partial charge on any atom is -0.733 e. The first-order chi connectivity index (χ1) is 10.1. The van der Waals surface area contributed by atoms with Crippen molar-refractivity contribution in [2.75, 3.05) is 12.3 Å². The summed E-state index contributed by atoms with van der Waals surface area (Å²) >= 11 is 0. The molecule has 0 aromatic heterocycles. The fraction of sp³-hybridized carbons (Fsp3) is 0.0625. The lowest BCUT2D eigenvalue weighted by atomic mass is 10.0. The molecule has 0 saturated heterocycles. The number of allylic oxidation sites excluding steroid dienone is 1. The largest absolute Gasteiger partial charge is 0.733 e. The van der Waals surface area contributed by atoms with E-state index in [2.05, 4.69) is 6.07 Å². The zero-order valence-electron chi connectivity index (χ0n) is 11.4. The predicted molar refractivity (Wildman–Crippen MR) is 80.6 cm³/mol. The maximum Gasteiger partial charge on any atom is 0.118 e. The second kappa shape index (κ2) is 6.57. The second-order valence-electron chi connectivity index (χ2n) is 4.27. The Balaban J connectivity index is 2.36. The Labute approximate surface area is 122 Å². The minimum absolute atomic E-state index is 0.107. The molecule has 0 fully saturated rings. The Hall–Kier alpha value is -2.81. The van der Waals surface area contributed by atoms with Crippen LogP contribution in [0.5, 0.6) is 5.75 Å². The first-order valence-corrected chi connectivity index (χ1v) is 6.16. The molecule has 5 nitrogen and oxygen atoms in total. The zero-order valence-corrected chi connectivity index (χ0v) is 11.4. The van der Waals surface area contributed by atoms with Gasteiger partial charge in [0.25, 0.3) is 0 Å². The van der Waals surface area contributed by atoms with Crippen LogP contribution in [0.2, 0.25) is 0 Å². The van der Waals surface area contributed by atoms with Crippen LogP contribution in [0, 0.1) is 16.5 Å². The van der Waals surface area contributed by atoms with Crippen molar-refractivity contribution in [2.45, 2.75) is 0 Å². The van der Waals surface area contributed by atoms with E-state index in [4.69, 9.17) is 9.94 Å². The standard InChI is InChI=1S/C16H13N2O3/c1-21-16-7-5-13(6-8-16)14(11-17)9-12-3-2-4-15(10-12)18(19)20/h2-10,19H,1H3/q-1. The summed E-state index contributed by atoms with van der Waals surface area (Å²) in [5.74, 6) is 0.709. The molecule has 2 aromatic rings. The van der Waals surface area contributed by atoms with Gasteiger partial charge >= 0.3 is 0 Å². The third kappa shape index (κ3) is 3.60. The van der Waals surface area contributed by atoms with Gasteiger partial charge in [0.05, 0.1) is 24.4 Å². The molecule has 0 spiro atoms. The highest BCUT2D eigenvalue weighted by molar-refractivity contribution is 5.90. The molecule has 0 aliphatic rings. The van der Waals surface area contributed by atoms with E-state index in [9.17, 15) is 10.5 Å². The first kappa shape index (κ1) is 14.6. The Morgan fingerprint density at radius 1 is 1.29 bits per heavy atom. The molecular formula is C16H13N2O3-. The van der Waals surface area contributed by atoms with Crippen LogP contribution in [0.3, 0.4) is 0 Å². The third-order valence-corrected chi connectivity index (χ3v) is 2.92. The molecule has 0 radical (unpaired) electrons. The van der Waals surface area contributed by atoms with Crippen molar-refractivity contribution in [3.63, 3.8) is 0 Å². The lowest BCUT2D eigenvalue weighted by Crippen LogP contribution is -2.06. The van der Waals surface area contributed by atoms with Gasteiger partial charge in [0, 0.05) is 0 Å². The molecule has 21 heavy (non-hydrogen) atoms. The van der Waals surface area contributed by atoms with Gasteiger partial charge in [-0.1, -0.05) is 12.1 Å². The van der Waals surface area contributed by atoms with E-state index in [0.717, 1.165) is 5.56 Å². The van der Waals surface area contributed by atoms with Crippen molar-refractivity contribution in [3.05, 3.63) is 64.9 Å². The molecular weight excluding hydrogens is 268 g/mol. The number of nitrogens with zero attached hydrogens (tertiary/aromatic N) is 2. The number of rotatable bonds is 4. The van der Waals surface area contributed by atoms with Crippen molar-refractivity contribution in [1.82, 2.24) is 0 Å². The fourth-order valence-corrected chi connectivity index (χ4v) is 1.85. The van der Waals surface area contributed by atoms with Crippen molar-refractivity contribution in [2.24, 2.45) is 0 Å². The van der Waals surface area contributed by atoms with Gasteiger partial charge in [-0.3, -0.25) is 5.21 Å². The summed E-state index contributed by atoms with van der Waals surface area (Å²) in [4.78, 5) is 0. The van der Waals surface area contributed by atoms with Gasteiger partial charge in [-0.05, 0) is 53.6 Å². The van der Waals surface area contributed by atoms with Crippen LogP contribution in [-0.2, 0) is 0 Å². The summed E-state index contributed by atoms with van der Waals surface area (Å²) in [6.07, 6.45) is 1.65. The van der Waals surface area contributed by atoms with E-state index in [1.165, 1.54) is 12.1 Å². The molecule has 1 N–H and O–H groups in total. The van der Waals surface area contributed by atoms with Crippen molar-refractivity contribution >= 4 is 17.3 Å². The summed E-state index contributed by atoms with van der Waals surface area (Å²) in [6.45, 7) is 0. The van der Waals surface area contributed by atoms with Crippen molar-refractivity contribution in [1.29, 1.82) is 5.26 Å². The normalized spacial score (nSPS) is 10.9. The van der Waals surface area contributed by atoms with E-state index in [1.807, 2.05) is 0 Å². The highest BCUT2D eigenvalue weighted by atomic mass is 16.8. The van der Waals surface area contributed by atoms with Gasteiger partial charge in [0.2, 0.25) is 0 Å². The van der Waals surface area contributed by atoms with Gasteiger partial charge in [-0.25, -0.2) is 0 Å². The smallest absolute Gasteiger partial charge is 0.118 e. The number of hydrogen-bond acceptors (Lipinski definition) is 5. The quantitative estimate of drug-likeness (QED) is 0.527. The lowest BCUT2D eigenvalue weighted by Gasteiger charge is -2.21. The van der Waals surface area contributed by atoms with Crippen LogP contribution >= 0.6 is 0 Å². The van der Waals surface area contributed by atoms with E-state index < -0.39 is 0 Å². The SMILES string of the molecule is COc1ccc(C(C#N)=Cc2cccc(N([O-])O)c2)cc1. The molecule has 0 bridgehead atoms. The molecule has 106 valence electrons. The van der Waals surface area contributed by atoms with Gasteiger partial charge < -0.3 is 15.2 Å². The maximum absolute atomic E-state index is 10.9. The number of hydrogen-bond donors (Lipinski definition) is 1. The zero-order chi connectivity index (χ0) is 15.2. The van der Waals surface area contributed by atoms with Crippen molar-refractivity contribution < 1.29 is 9.94 Å². The fourth-order valence-electron chi connectivity index (χ4n) is 1.85. The molecule has 0 unspecified atom stereocenters. The third-order valence-electron chi connectivity index (χ3n) is 2.92. The number of nitriles is 1. The van der Waals surface area contributed by atoms with Crippen LogP contribution < -0.4 is 9.96 Å². The molecule has 0 aliphatic heterocycles. The average Bonchev–Trinajstić information content (AvgIpc) is 2.53. The first-order valence-electron chi connectivity index (χ1n) is 6.16. The number of benzene rings is 2. The van der Waals surface area contributed by atoms with Crippen LogP contribution in [0.4, 0.5) is 5.69 Å². The summed E-state index contributed by atoms with van der Waals surface area (Å²) in [7, 11) is 1.57. The summed E-state index contributed by atoms with van der Waals surface area (Å²) in [5.41, 5.74) is 1.95. The Bertz CT molecular complexity index is 685. The highest BCUT2D eigenvalue weighted by Crippen LogP contribution is 2.22. The Morgan fingerprint density at radius 3 is 2.57 bits per heavy atom. The summed E-state index contributed by atoms with van der Waals surface area (Å²) in [5, 5.41) is 28.8. The number of ether oxygens (including phenoxy) is 1. The van der Waals surface area contributed by atoms with E-state index in [0.29, 0.717) is 16.9 Å². The lowest BCUT2D eigenvalue weighted by molar-refractivity contribution is 0.296. The molecule has 0 saturated carbocycles. The molecule has 0 atom stereocenters. The van der Waals surface area contributed by atoms with Crippen LogP contribution in [0.1, 0.15) is 11.1 Å². The minimum atomic E-state index is -0.212. The summed E-state index contributed by atoms with van der Waals surface area (Å²) < 4.78 is 5.07. The summed E-state index contributed by atoms with van der Waals surface area (Å²) in [6, 6.07) is 15.6. The second-order valence-corrected chi connectivity index (χ2v) is 4.27. The monoisotopic (exact) mass is 281 g/mol. The number of methoxy groups -OCH3 is 1. The molecule has 0 aliphatic carbocycles. The number of anilines is 1. The highest BCUT2D eigenvalue weighted by Gasteiger charge is 2.02. The maximum atomic E-state index is 10.9. The Morgan fingerprint density at radius 2 is 2.00 bits per heavy atom. The Kier molecular flexibility index (Phi) is 4.57. The van der Waals surface area contributed by atoms with E-state index in [-0.39, 0.29) is 10.9 Å². The van der Waals surface area contributed by atoms with Gasteiger partial charge in [-0.2, -0.15) is 5.26 Å². The van der Waals surface area contributed by atoms with Gasteiger partial charge in [-0.15, -0.1) is 0 Å². The molecule has 0 heterocycles. The molecule has 2 rings (SSSR count). The van der Waals surface area contributed by atoms with Crippen molar-refractivity contribution in [3.8, 4) is 11.8 Å². The van der Waals surface area contributed by atoms with E-state index in [1.54, 1.807) is 49.6 Å². The van der Waals surface area contributed by atoms with Crippen LogP contribution in [0.25, 0.3) is 11.6 Å². The van der Waals surface area contributed by atoms with Gasteiger partial charge in [0.1, 0.15) is 5.75 Å². The predicted octanol–water partition coefficient (Wildman–Crippen LogP) is 3.45. The molecule has 0 amide bonds. The van der Waals surface area contributed by atoms with Crippen LogP contribution in [0.15, 0.2) is 48.5 Å². The average molecular weight is 281 g/mol.